The summed E-state index contributed by atoms with van der Waals surface area (Å²) in [6, 6.07) is 5.91. The molecule has 1 aliphatic heterocycles. The summed E-state index contributed by atoms with van der Waals surface area (Å²) >= 11 is 5.98. The van der Waals surface area contributed by atoms with Crippen LogP contribution in [-0.4, -0.2) is 13.1 Å². The van der Waals surface area contributed by atoms with Gasteiger partial charge in [0.05, 0.1) is 6.61 Å². The molecule has 2 rings (SSSR count). The van der Waals surface area contributed by atoms with Crippen molar-refractivity contribution in [2.24, 2.45) is 5.90 Å². The summed E-state index contributed by atoms with van der Waals surface area (Å²) in [6.07, 6.45) is 3.84. The van der Waals surface area contributed by atoms with Gasteiger partial charge in [0.15, 0.2) is 0 Å². The summed E-state index contributed by atoms with van der Waals surface area (Å²) in [5.74, 6) is 5.15. The van der Waals surface area contributed by atoms with Gasteiger partial charge >= 0.3 is 0 Å². The van der Waals surface area contributed by atoms with Crippen molar-refractivity contribution in [2.45, 2.75) is 25.9 Å². The Morgan fingerprint density at radius 3 is 2.69 bits per heavy atom. The first-order valence-electron chi connectivity index (χ1n) is 5.66. The van der Waals surface area contributed by atoms with E-state index in [-0.39, 0.29) is 0 Å². The standard InChI is InChI=1S/C12H17ClN2O/c13-11-4-5-12(10(8-11)9-16-14)15-6-2-1-3-7-15/h4-5,8H,1-3,6-7,9,14H2. The average Bonchev–Trinajstić information content (AvgIpc) is 2.31. The van der Waals surface area contributed by atoms with Crippen LogP contribution in [0.3, 0.4) is 0 Å². The maximum Gasteiger partial charge on any atom is 0.0950 e. The van der Waals surface area contributed by atoms with Crippen molar-refractivity contribution in [3.63, 3.8) is 0 Å². The largest absolute Gasteiger partial charge is 0.371 e. The topological polar surface area (TPSA) is 38.5 Å². The highest BCUT2D eigenvalue weighted by Crippen LogP contribution is 2.27. The van der Waals surface area contributed by atoms with Crippen LogP contribution in [0.1, 0.15) is 24.8 Å². The summed E-state index contributed by atoms with van der Waals surface area (Å²) in [7, 11) is 0. The molecule has 0 saturated carbocycles. The molecule has 0 amide bonds. The summed E-state index contributed by atoms with van der Waals surface area (Å²) in [4.78, 5) is 7.11. The van der Waals surface area contributed by atoms with Gasteiger partial charge in [0.25, 0.3) is 0 Å². The van der Waals surface area contributed by atoms with Crippen LogP contribution in [0.2, 0.25) is 5.02 Å². The lowest BCUT2D eigenvalue weighted by Crippen LogP contribution is -2.30. The normalized spacial score (nSPS) is 16.5. The van der Waals surface area contributed by atoms with Crippen LogP contribution in [-0.2, 0) is 11.4 Å². The van der Waals surface area contributed by atoms with E-state index in [1.54, 1.807) is 0 Å². The minimum absolute atomic E-state index is 0.409. The first-order valence-corrected chi connectivity index (χ1v) is 6.04. The monoisotopic (exact) mass is 240 g/mol. The number of halogens is 1. The predicted octanol–water partition coefficient (Wildman–Crippen LogP) is 2.72. The number of nitrogens with zero attached hydrogens (tertiary/aromatic N) is 1. The fourth-order valence-corrected chi connectivity index (χ4v) is 2.40. The fourth-order valence-electron chi connectivity index (χ4n) is 2.20. The van der Waals surface area contributed by atoms with Gasteiger partial charge in [-0.05, 0) is 37.5 Å². The number of rotatable bonds is 3. The van der Waals surface area contributed by atoms with E-state index in [4.69, 9.17) is 22.3 Å². The maximum atomic E-state index is 5.98. The quantitative estimate of drug-likeness (QED) is 0.826. The third kappa shape index (κ3) is 2.67. The molecule has 0 atom stereocenters. The van der Waals surface area contributed by atoms with Crippen molar-refractivity contribution in [1.29, 1.82) is 0 Å². The molecule has 3 nitrogen and oxygen atoms in total. The molecule has 0 bridgehead atoms. The third-order valence-corrected chi connectivity index (χ3v) is 3.21. The highest BCUT2D eigenvalue weighted by molar-refractivity contribution is 6.30. The van der Waals surface area contributed by atoms with Gasteiger partial charge in [-0.25, -0.2) is 5.90 Å². The summed E-state index contributed by atoms with van der Waals surface area (Å²) in [5.41, 5.74) is 2.27. The van der Waals surface area contributed by atoms with Crippen LogP contribution in [0.15, 0.2) is 18.2 Å². The number of piperidine rings is 1. The molecule has 1 aliphatic rings. The van der Waals surface area contributed by atoms with Gasteiger partial charge < -0.3 is 4.90 Å². The number of benzene rings is 1. The Balaban J connectivity index is 2.23. The lowest BCUT2D eigenvalue weighted by Gasteiger charge is -2.30. The predicted molar refractivity (Wildman–Crippen MR) is 66.5 cm³/mol. The average molecular weight is 241 g/mol. The highest BCUT2D eigenvalue weighted by Gasteiger charge is 2.14. The first-order chi connectivity index (χ1) is 7.81. The Morgan fingerprint density at radius 1 is 1.25 bits per heavy atom. The molecule has 0 aliphatic carbocycles. The molecule has 1 aromatic rings. The summed E-state index contributed by atoms with van der Waals surface area (Å²) in [6.45, 7) is 2.63. The number of hydrogen-bond acceptors (Lipinski definition) is 3. The van der Waals surface area contributed by atoms with Crippen LogP contribution >= 0.6 is 11.6 Å². The van der Waals surface area contributed by atoms with E-state index in [1.807, 2.05) is 12.1 Å². The second kappa shape index (κ2) is 5.53. The molecule has 1 fully saturated rings. The lowest BCUT2D eigenvalue weighted by atomic mass is 10.1. The van der Waals surface area contributed by atoms with Crippen molar-refractivity contribution in [3.05, 3.63) is 28.8 Å². The minimum Gasteiger partial charge on any atom is -0.371 e. The van der Waals surface area contributed by atoms with E-state index in [0.717, 1.165) is 23.7 Å². The van der Waals surface area contributed by atoms with Gasteiger partial charge in [0.1, 0.15) is 0 Å². The van der Waals surface area contributed by atoms with Gasteiger partial charge in [-0.3, -0.25) is 4.84 Å². The smallest absolute Gasteiger partial charge is 0.0950 e. The van der Waals surface area contributed by atoms with E-state index in [2.05, 4.69) is 11.0 Å². The van der Waals surface area contributed by atoms with Crippen molar-refractivity contribution < 1.29 is 4.84 Å². The van der Waals surface area contributed by atoms with E-state index < -0.39 is 0 Å². The zero-order valence-electron chi connectivity index (χ0n) is 9.29. The fraction of sp³-hybridized carbons (Fsp3) is 0.500. The second-order valence-electron chi connectivity index (χ2n) is 4.13. The molecular weight excluding hydrogens is 224 g/mol. The zero-order valence-corrected chi connectivity index (χ0v) is 10.0. The van der Waals surface area contributed by atoms with Gasteiger partial charge in [-0.15, -0.1) is 0 Å². The van der Waals surface area contributed by atoms with Gasteiger partial charge in [0, 0.05) is 29.4 Å². The van der Waals surface area contributed by atoms with Crippen molar-refractivity contribution in [2.75, 3.05) is 18.0 Å². The van der Waals surface area contributed by atoms with Crippen LogP contribution in [0.25, 0.3) is 0 Å². The van der Waals surface area contributed by atoms with Crippen molar-refractivity contribution in [3.8, 4) is 0 Å². The van der Waals surface area contributed by atoms with Crippen molar-refractivity contribution >= 4 is 17.3 Å². The number of nitrogens with two attached hydrogens (primary N) is 1. The molecule has 1 aromatic carbocycles. The zero-order chi connectivity index (χ0) is 11.4. The number of anilines is 1. The molecule has 0 aromatic heterocycles. The molecule has 1 saturated heterocycles. The van der Waals surface area contributed by atoms with Gasteiger partial charge in [-0.2, -0.15) is 0 Å². The van der Waals surface area contributed by atoms with Crippen molar-refractivity contribution in [1.82, 2.24) is 0 Å². The Morgan fingerprint density at radius 2 is 2.00 bits per heavy atom. The third-order valence-electron chi connectivity index (χ3n) is 2.98. The Labute approximate surface area is 101 Å². The first kappa shape index (κ1) is 11.7. The Bertz CT molecular complexity index is 351. The van der Waals surface area contributed by atoms with E-state index in [1.165, 1.54) is 24.9 Å². The second-order valence-corrected chi connectivity index (χ2v) is 4.57. The SMILES string of the molecule is NOCc1cc(Cl)ccc1N1CCCCC1. The molecule has 16 heavy (non-hydrogen) atoms. The Hall–Kier alpha value is -0.770. The molecule has 88 valence electrons. The molecule has 4 heteroatoms. The molecule has 0 unspecified atom stereocenters. The molecule has 0 radical (unpaired) electrons. The molecule has 0 spiro atoms. The molecular formula is C12H17ClN2O. The van der Waals surface area contributed by atoms with Crippen LogP contribution in [0, 0.1) is 0 Å². The maximum absolute atomic E-state index is 5.98. The van der Waals surface area contributed by atoms with Crippen LogP contribution in [0.5, 0.6) is 0 Å². The van der Waals surface area contributed by atoms with E-state index in [9.17, 15) is 0 Å². The summed E-state index contributed by atoms with van der Waals surface area (Å²) in [5, 5.41) is 0.729. The molecule has 1 heterocycles. The van der Waals surface area contributed by atoms with Crippen LogP contribution < -0.4 is 10.8 Å². The highest BCUT2D eigenvalue weighted by atomic mass is 35.5. The van der Waals surface area contributed by atoms with E-state index in [0.29, 0.717) is 6.61 Å². The lowest BCUT2D eigenvalue weighted by molar-refractivity contribution is 0.124. The molecule has 2 N–H and O–H groups in total. The van der Waals surface area contributed by atoms with Gasteiger partial charge in [-0.1, -0.05) is 11.6 Å². The van der Waals surface area contributed by atoms with Crippen LogP contribution in [0.4, 0.5) is 5.69 Å². The minimum atomic E-state index is 0.409. The van der Waals surface area contributed by atoms with Gasteiger partial charge in [0.2, 0.25) is 0 Å². The summed E-state index contributed by atoms with van der Waals surface area (Å²) < 4.78 is 0. The Kier molecular flexibility index (Phi) is 4.04. The van der Waals surface area contributed by atoms with E-state index >= 15 is 0 Å². The number of hydrogen-bond donors (Lipinski definition) is 1.